The molecule has 1 rings (SSSR count). The molecular weight excluding hydrogens is 228 g/mol. The van der Waals surface area contributed by atoms with E-state index in [1.54, 1.807) is 11.9 Å². The van der Waals surface area contributed by atoms with E-state index in [-0.39, 0.29) is 24.3 Å². The minimum absolute atomic E-state index is 0.0279. The second-order valence-corrected chi connectivity index (χ2v) is 4.28. The summed E-state index contributed by atoms with van der Waals surface area (Å²) in [4.78, 5) is 24.8. The number of amides is 2. The minimum Gasteiger partial charge on any atom is -0.349 e. The van der Waals surface area contributed by atoms with Gasteiger partial charge in [-0.3, -0.25) is 9.59 Å². The lowest BCUT2D eigenvalue weighted by Gasteiger charge is -2.21. The Hall–Kier alpha value is -1.84. The van der Waals surface area contributed by atoms with Gasteiger partial charge in [0.1, 0.15) is 0 Å². The smallest absolute Gasteiger partial charge is 0.224 e. The van der Waals surface area contributed by atoms with Crippen LogP contribution in [0.4, 0.5) is 0 Å². The van der Waals surface area contributed by atoms with Gasteiger partial charge in [0.25, 0.3) is 0 Å². The third kappa shape index (κ3) is 4.20. The fraction of sp³-hybridized carbons (Fsp3) is 0.429. The van der Waals surface area contributed by atoms with E-state index < -0.39 is 0 Å². The summed E-state index contributed by atoms with van der Waals surface area (Å²) in [6.07, 6.45) is 0.286. The lowest BCUT2D eigenvalue weighted by atomic mass is 10.0. The molecule has 0 aliphatic heterocycles. The molecule has 0 radical (unpaired) electrons. The number of benzene rings is 1. The third-order valence-electron chi connectivity index (χ3n) is 2.86. The first-order chi connectivity index (χ1) is 8.54. The first kappa shape index (κ1) is 14.2. The van der Waals surface area contributed by atoms with Crippen molar-refractivity contribution in [2.75, 3.05) is 13.6 Å². The van der Waals surface area contributed by atoms with Crippen molar-refractivity contribution < 1.29 is 9.59 Å². The van der Waals surface area contributed by atoms with Crippen molar-refractivity contribution in [3.63, 3.8) is 0 Å². The molecule has 98 valence electrons. The maximum atomic E-state index is 11.9. The Morgan fingerprint density at radius 3 is 2.39 bits per heavy atom. The summed E-state index contributed by atoms with van der Waals surface area (Å²) in [5, 5.41) is 2.82. The molecule has 1 atom stereocenters. The molecule has 0 heterocycles. The van der Waals surface area contributed by atoms with Crippen LogP contribution < -0.4 is 5.32 Å². The van der Waals surface area contributed by atoms with E-state index in [1.165, 1.54) is 6.92 Å². The van der Waals surface area contributed by atoms with Gasteiger partial charge in [-0.15, -0.1) is 0 Å². The van der Waals surface area contributed by atoms with Gasteiger partial charge in [-0.25, -0.2) is 0 Å². The number of hydrogen-bond donors (Lipinski definition) is 1. The van der Waals surface area contributed by atoms with Crippen molar-refractivity contribution >= 4 is 11.8 Å². The summed E-state index contributed by atoms with van der Waals surface area (Å²) in [5.41, 5.74) is 0.950. The number of carbonyl (C=O) groups is 2. The molecule has 1 unspecified atom stereocenters. The van der Waals surface area contributed by atoms with Crippen molar-refractivity contribution in [2.24, 2.45) is 0 Å². The number of nitrogens with one attached hydrogen (secondary N) is 1. The van der Waals surface area contributed by atoms with E-state index in [0.29, 0.717) is 6.54 Å². The molecule has 0 aliphatic rings. The number of rotatable bonds is 5. The van der Waals surface area contributed by atoms with Crippen LogP contribution in [0.2, 0.25) is 0 Å². The quantitative estimate of drug-likeness (QED) is 0.862. The molecule has 4 nitrogen and oxygen atoms in total. The minimum atomic E-state index is -0.259. The fourth-order valence-corrected chi connectivity index (χ4v) is 1.69. The van der Waals surface area contributed by atoms with E-state index in [0.717, 1.165) is 5.56 Å². The van der Waals surface area contributed by atoms with E-state index >= 15 is 0 Å². The normalized spacial score (nSPS) is 11.7. The molecule has 18 heavy (non-hydrogen) atoms. The second-order valence-electron chi connectivity index (χ2n) is 4.28. The van der Waals surface area contributed by atoms with Gasteiger partial charge in [-0.2, -0.15) is 0 Å². The zero-order chi connectivity index (χ0) is 13.5. The Bertz CT molecular complexity index is 404. The summed E-state index contributed by atoms with van der Waals surface area (Å²) < 4.78 is 0. The molecular formula is C14H20N2O2. The van der Waals surface area contributed by atoms with Crippen LogP contribution in [0.1, 0.15) is 31.9 Å². The van der Waals surface area contributed by atoms with Gasteiger partial charge < -0.3 is 10.2 Å². The van der Waals surface area contributed by atoms with Gasteiger partial charge in [0, 0.05) is 20.5 Å². The highest BCUT2D eigenvalue weighted by molar-refractivity contribution is 5.79. The first-order valence-electron chi connectivity index (χ1n) is 6.10. The predicted molar refractivity (Wildman–Crippen MR) is 70.9 cm³/mol. The Morgan fingerprint density at radius 2 is 1.89 bits per heavy atom. The summed E-state index contributed by atoms with van der Waals surface area (Å²) in [5.74, 6) is -0.101. The molecule has 0 aliphatic carbocycles. The monoisotopic (exact) mass is 248 g/mol. The van der Waals surface area contributed by atoms with Crippen LogP contribution in [0.25, 0.3) is 0 Å². The van der Waals surface area contributed by atoms with Crippen molar-refractivity contribution in [3.05, 3.63) is 35.9 Å². The summed E-state index contributed by atoms with van der Waals surface area (Å²) in [6, 6.07) is 9.29. The van der Waals surface area contributed by atoms with E-state index in [2.05, 4.69) is 5.32 Å². The van der Waals surface area contributed by atoms with Gasteiger partial charge in [0.2, 0.25) is 11.8 Å². The maximum Gasteiger partial charge on any atom is 0.224 e. The van der Waals surface area contributed by atoms with Gasteiger partial charge in [-0.1, -0.05) is 30.3 Å². The Labute approximate surface area is 108 Å². The Kier molecular flexibility index (Phi) is 5.36. The van der Waals surface area contributed by atoms with Crippen LogP contribution in [0, 0.1) is 0 Å². The lowest BCUT2D eigenvalue weighted by molar-refractivity contribution is -0.130. The molecule has 1 aromatic carbocycles. The average Bonchev–Trinajstić information content (AvgIpc) is 2.37. The molecule has 0 aromatic heterocycles. The second kappa shape index (κ2) is 6.79. The third-order valence-corrected chi connectivity index (χ3v) is 2.86. The van der Waals surface area contributed by atoms with E-state index in [9.17, 15) is 9.59 Å². The Balaban J connectivity index is 2.80. The van der Waals surface area contributed by atoms with E-state index in [1.807, 2.05) is 37.3 Å². The highest BCUT2D eigenvalue weighted by Crippen LogP contribution is 2.17. The van der Waals surface area contributed by atoms with Crippen molar-refractivity contribution in [1.82, 2.24) is 10.2 Å². The van der Waals surface area contributed by atoms with Crippen LogP contribution in [0.5, 0.6) is 0 Å². The number of nitrogens with zero attached hydrogens (tertiary/aromatic N) is 1. The summed E-state index contributed by atoms with van der Waals surface area (Å²) >= 11 is 0. The van der Waals surface area contributed by atoms with Gasteiger partial charge in [-0.05, 0) is 12.5 Å². The highest BCUT2D eigenvalue weighted by Gasteiger charge is 2.18. The standard InChI is InChI=1S/C14H20N2O2/c1-4-16(3)14(18)10-13(15-11(2)17)12-8-6-5-7-9-12/h5-9,13H,4,10H2,1-3H3,(H,15,17). The molecule has 2 amide bonds. The van der Waals surface area contributed by atoms with Crippen molar-refractivity contribution in [3.8, 4) is 0 Å². The van der Waals surface area contributed by atoms with E-state index in [4.69, 9.17) is 0 Å². The molecule has 4 heteroatoms. The molecule has 0 saturated carbocycles. The van der Waals surface area contributed by atoms with Crippen LogP contribution in [0.15, 0.2) is 30.3 Å². The maximum absolute atomic E-state index is 11.9. The van der Waals surface area contributed by atoms with Gasteiger partial charge in [0.15, 0.2) is 0 Å². The summed E-state index contributed by atoms with van der Waals surface area (Å²) in [7, 11) is 1.76. The molecule has 0 spiro atoms. The molecule has 0 fully saturated rings. The lowest BCUT2D eigenvalue weighted by Crippen LogP contribution is -2.33. The zero-order valence-corrected chi connectivity index (χ0v) is 11.1. The van der Waals surface area contributed by atoms with Gasteiger partial charge in [0.05, 0.1) is 12.5 Å². The topological polar surface area (TPSA) is 49.4 Å². The Morgan fingerprint density at radius 1 is 1.28 bits per heavy atom. The highest BCUT2D eigenvalue weighted by atomic mass is 16.2. The van der Waals surface area contributed by atoms with Crippen LogP contribution >= 0.6 is 0 Å². The molecule has 1 N–H and O–H groups in total. The molecule has 0 saturated heterocycles. The summed E-state index contributed by atoms with van der Waals surface area (Å²) in [6.45, 7) is 4.05. The van der Waals surface area contributed by atoms with Gasteiger partial charge >= 0.3 is 0 Å². The fourth-order valence-electron chi connectivity index (χ4n) is 1.69. The predicted octanol–water partition coefficient (Wildman–Crippen LogP) is 1.73. The van der Waals surface area contributed by atoms with Crippen LogP contribution in [0.3, 0.4) is 0 Å². The average molecular weight is 248 g/mol. The first-order valence-corrected chi connectivity index (χ1v) is 6.10. The van der Waals surface area contributed by atoms with Crippen molar-refractivity contribution in [1.29, 1.82) is 0 Å². The molecule has 0 bridgehead atoms. The number of carbonyl (C=O) groups excluding carboxylic acids is 2. The SMILES string of the molecule is CCN(C)C(=O)CC(NC(C)=O)c1ccccc1. The van der Waals surface area contributed by atoms with Crippen molar-refractivity contribution in [2.45, 2.75) is 26.3 Å². The zero-order valence-electron chi connectivity index (χ0n) is 11.1. The van der Waals surface area contributed by atoms with Crippen LogP contribution in [-0.2, 0) is 9.59 Å². The van der Waals surface area contributed by atoms with Crippen LogP contribution in [-0.4, -0.2) is 30.3 Å². The number of hydrogen-bond acceptors (Lipinski definition) is 2. The molecule has 1 aromatic rings. The largest absolute Gasteiger partial charge is 0.349 e.